The number of nitrogens with zero attached hydrogens (tertiary/aromatic N) is 2. The standard InChI is InChI=1S/C14H9FN4O/c1-7-4-8(15)2-3-9(7)12-10(5-16)13(18)19-14(20)11(12)6-17/h2-4H,1H3,(H3,18,19,20). The number of nitriles is 2. The highest BCUT2D eigenvalue weighted by Gasteiger charge is 2.19. The predicted molar refractivity (Wildman–Crippen MR) is 71.0 cm³/mol. The van der Waals surface area contributed by atoms with Gasteiger partial charge in [0.2, 0.25) is 0 Å². The number of H-pyrrole nitrogens is 1. The van der Waals surface area contributed by atoms with Gasteiger partial charge in [0, 0.05) is 5.56 Å². The number of halogens is 1. The van der Waals surface area contributed by atoms with Gasteiger partial charge < -0.3 is 10.7 Å². The van der Waals surface area contributed by atoms with E-state index in [4.69, 9.17) is 11.0 Å². The molecular formula is C14H9FN4O. The predicted octanol–water partition coefficient (Wildman–Crippen LogP) is 1.81. The van der Waals surface area contributed by atoms with Gasteiger partial charge in [0.25, 0.3) is 5.56 Å². The van der Waals surface area contributed by atoms with Crippen molar-refractivity contribution < 1.29 is 4.39 Å². The SMILES string of the molecule is Cc1cc(F)ccc1-c1c(C#N)c(N)[nH]c(=O)c1C#N. The van der Waals surface area contributed by atoms with Crippen molar-refractivity contribution >= 4 is 5.82 Å². The Hall–Kier alpha value is -3.12. The lowest BCUT2D eigenvalue weighted by molar-refractivity contribution is 0.627. The Morgan fingerprint density at radius 2 is 1.90 bits per heavy atom. The van der Waals surface area contributed by atoms with Crippen LogP contribution in [0.15, 0.2) is 23.0 Å². The van der Waals surface area contributed by atoms with Crippen molar-refractivity contribution in [2.45, 2.75) is 6.92 Å². The molecule has 98 valence electrons. The molecule has 2 rings (SSSR count). The summed E-state index contributed by atoms with van der Waals surface area (Å²) in [4.78, 5) is 14.0. The number of aromatic nitrogens is 1. The van der Waals surface area contributed by atoms with E-state index in [-0.39, 0.29) is 22.5 Å². The van der Waals surface area contributed by atoms with E-state index in [0.717, 1.165) is 0 Å². The Labute approximate surface area is 113 Å². The number of nitrogen functional groups attached to an aromatic ring is 1. The fraction of sp³-hybridized carbons (Fsp3) is 0.0714. The molecule has 0 aliphatic carbocycles. The summed E-state index contributed by atoms with van der Waals surface area (Å²) in [7, 11) is 0. The molecule has 0 aliphatic heterocycles. The summed E-state index contributed by atoms with van der Waals surface area (Å²) >= 11 is 0. The number of pyridine rings is 1. The van der Waals surface area contributed by atoms with Gasteiger partial charge in [-0.2, -0.15) is 10.5 Å². The molecule has 0 saturated heterocycles. The van der Waals surface area contributed by atoms with Gasteiger partial charge in [0.05, 0.1) is 0 Å². The van der Waals surface area contributed by atoms with Crippen LogP contribution in [-0.4, -0.2) is 4.98 Å². The normalized spacial score (nSPS) is 9.80. The second-order valence-corrected chi connectivity index (χ2v) is 4.18. The molecule has 0 amide bonds. The summed E-state index contributed by atoms with van der Waals surface area (Å²) in [6, 6.07) is 7.50. The Balaban J connectivity index is 2.97. The zero-order valence-electron chi connectivity index (χ0n) is 10.5. The number of anilines is 1. The zero-order chi connectivity index (χ0) is 14.9. The molecule has 2 aromatic rings. The molecule has 0 aliphatic rings. The van der Waals surface area contributed by atoms with Crippen LogP contribution in [0.3, 0.4) is 0 Å². The Morgan fingerprint density at radius 1 is 1.25 bits per heavy atom. The summed E-state index contributed by atoms with van der Waals surface area (Å²) in [5.74, 6) is -0.559. The minimum Gasteiger partial charge on any atom is -0.384 e. The Morgan fingerprint density at radius 3 is 2.45 bits per heavy atom. The van der Waals surface area contributed by atoms with Gasteiger partial charge in [-0.15, -0.1) is 0 Å². The topological polar surface area (TPSA) is 106 Å². The van der Waals surface area contributed by atoms with E-state index in [9.17, 15) is 14.4 Å². The van der Waals surface area contributed by atoms with Crippen molar-refractivity contribution in [3.8, 4) is 23.3 Å². The number of rotatable bonds is 1. The van der Waals surface area contributed by atoms with Crippen molar-refractivity contribution in [1.29, 1.82) is 10.5 Å². The number of nitrogens with one attached hydrogen (secondary N) is 1. The molecule has 5 nitrogen and oxygen atoms in total. The van der Waals surface area contributed by atoms with Crippen LogP contribution >= 0.6 is 0 Å². The van der Waals surface area contributed by atoms with Crippen molar-refractivity contribution in [3.63, 3.8) is 0 Å². The lowest BCUT2D eigenvalue weighted by Gasteiger charge is -2.11. The average Bonchev–Trinajstić information content (AvgIpc) is 2.38. The highest BCUT2D eigenvalue weighted by atomic mass is 19.1. The molecule has 1 aromatic carbocycles. The van der Waals surface area contributed by atoms with E-state index in [1.165, 1.54) is 18.2 Å². The quantitative estimate of drug-likeness (QED) is 0.822. The maximum atomic E-state index is 13.2. The lowest BCUT2D eigenvalue weighted by atomic mass is 9.93. The molecule has 0 saturated carbocycles. The minimum absolute atomic E-state index is 0.00384. The number of nitrogens with two attached hydrogens (primary N) is 1. The first-order chi connectivity index (χ1) is 9.49. The van der Waals surface area contributed by atoms with Crippen LogP contribution in [0.1, 0.15) is 16.7 Å². The molecular weight excluding hydrogens is 259 g/mol. The molecule has 1 heterocycles. The first-order valence-electron chi connectivity index (χ1n) is 5.62. The van der Waals surface area contributed by atoms with Gasteiger partial charge in [-0.1, -0.05) is 6.07 Å². The van der Waals surface area contributed by atoms with E-state index in [1.807, 2.05) is 6.07 Å². The molecule has 0 radical (unpaired) electrons. The molecule has 6 heteroatoms. The summed E-state index contributed by atoms with van der Waals surface area (Å²) in [6.45, 7) is 1.62. The molecule has 1 aromatic heterocycles. The van der Waals surface area contributed by atoms with Crippen molar-refractivity contribution in [3.05, 3.63) is 51.1 Å². The third kappa shape index (κ3) is 2.00. The number of hydrogen-bond acceptors (Lipinski definition) is 4. The first kappa shape index (κ1) is 13.3. The zero-order valence-corrected chi connectivity index (χ0v) is 10.5. The van der Waals surface area contributed by atoms with Gasteiger partial charge in [0.1, 0.15) is 34.9 Å². The minimum atomic E-state index is -0.678. The molecule has 0 bridgehead atoms. The third-order valence-corrected chi connectivity index (χ3v) is 2.93. The van der Waals surface area contributed by atoms with Crippen LogP contribution in [0, 0.1) is 35.4 Å². The van der Waals surface area contributed by atoms with Gasteiger partial charge in [-0.05, 0) is 30.2 Å². The number of aromatic amines is 1. The molecule has 3 N–H and O–H groups in total. The second-order valence-electron chi connectivity index (χ2n) is 4.18. The van der Waals surface area contributed by atoms with Crippen LogP contribution in [0.2, 0.25) is 0 Å². The fourth-order valence-electron chi connectivity index (χ4n) is 2.02. The van der Waals surface area contributed by atoms with Crippen LogP contribution in [0.25, 0.3) is 11.1 Å². The van der Waals surface area contributed by atoms with Gasteiger partial charge >= 0.3 is 0 Å². The van der Waals surface area contributed by atoms with Crippen molar-refractivity contribution in [2.75, 3.05) is 5.73 Å². The highest BCUT2D eigenvalue weighted by Crippen LogP contribution is 2.30. The van der Waals surface area contributed by atoms with E-state index in [2.05, 4.69) is 4.98 Å². The van der Waals surface area contributed by atoms with E-state index in [0.29, 0.717) is 11.1 Å². The fourth-order valence-corrected chi connectivity index (χ4v) is 2.02. The summed E-state index contributed by atoms with van der Waals surface area (Å²) < 4.78 is 13.2. The van der Waals surface area contributed by atoms with Gasteiger partial charge in [0.15, 0.2) is 0 Å². The molecule has 0 spiro atoms. The van der Waals surface area contributed by atoms with E-state index in [1.54, 1.807) is 13.0 Å². The largest absolute Gasteiger partial charge is 0.384 e. The summed E-state index contributed by atoms with van der Waals surface area (Å²) in [6.07, 6.45) is 0. The smallest absolute Gasteiger partial charge is 0.268 e. The van der Waals surface area contributed by atoms with Crippen molar-refractivity contribution in [1.82, 2.24) is 4.98 Å². The summed E-state index contributed by atoms with van der Waals surface area (Å²) in [5.41, 5.74) is 5.78. The monoisotopic (exact) mass is 268 g/mol. The van der Waals surface area contributed by atoms with E-state index >= 15 is 0 Å². The molecule has 0 unspecified atom stereocenters. The molecule has 20 heavy (non-hydrogen) atoms. The third-order valence-electron chi connectivity index (χ3n) is 2.93. The van der Waals surface area contributed by atoms with Gasteiger partial charge in [-0.25, -0.2) is 4.39 Å². The molecule has 0 fully saturated rings. The maximum absolute atomic E-state index is 13.2. The Kier molecular flexibility index (Phi) is 3.24. The number of hydrogen-bond donors (Lipinski definition) is 2. The first-order valence-corrected chi connectivity index (χ1v) is 5.62. The second kappa shape index (κ2) is 4.87. The maximum Gasteiger partial charge on any atom is 0.268 e. The average molecular weight is 268 g/mol. The van der Waals surface area contributed by atoms with Crippen LogP contribution in [-0.2, 0) is 0 Å². The highest BCUT2D eigenvalue weighted by molar-refractivity contribution is 5.81. The lowest BCUT2D eigenvalue weighted by Crippen LogP contribution is -2.16. The van der Waals surface area contributed by atoms with Crippen LogP contribution in [0.4, 0.5) is 10.2 Å². The molecule has 0 atom stereocenters. The van der Waals surface area contributed by atoms with Gasteiger partial charge in [-0.3, -0.25) is 4.79 Å². The van der Waals surface area contributed by atoms with Crippen LogP contribution < -0.4 is 11.3 Å². The van der Waals surface area contributed by atoms with Crippen molar-refractivity contribution in [2.24, 2.45) is 0 Å². The number of benzene rings is 1. The number of aryl methyl sites for hydroxylation is 1. The Bertz CT molecular complexity index is 840. The van der Waals surface area contributed by atoms with E-state index < -0.39 is 11.4 Å². The van der Waals surface area contributed by atoms with Crippen LogP contribution in [0.5, 0.6) is 0 Å². The summed E-state index contributed by atoms with van der Waals surface area (Å²) in [5, 5.41) is 18.3.